The van der Waals surface area contributed by atoms with Crippen LogP contribution in [0.4, 0.5) is 5.69 Å². The van der Waals surface area contributed by atoms with Gasteiger partial charge in [0, 0.05) is 48.8 Å². The van der Waals surface area contributed by atoms with Gasteiger partial charge >= 0.3 is 0 Å². The normalized spacial score (nSPS) is 17.5. The summed E-state index contributed by atoms with van der Waals surface area (Å²) in [6, 6.07) is 13.9. The molecule has 8 heteroatoms. The van der Waals surface area contributed by atoms with Gasteiger partial charge in [0.05, 0.1) is 22.4 Å². The smallest absolute Gasteiger partial charge is 0.254 e. The summed E-state index contributed by atoms with van der Waals surface area (Å²) in [5.74, 6) is 0.804. The van der Waals surface area contributed by atoms with Crippen LogP contribution in [0.15, 0.2) is 47.4 Å². The molecular formula is C22H22N4O2S2. The molecule has 0 unspecified atom stereocenters. The van der Waals surface area contributed by atoms with Crippen molar-refractivity contribution in [3.05, 3.63) is 53.0 Å². The molecule has 0 atom stereocenters. The summed E-state index contributed by atoms with van der Waals surface area (Å²) >= 11 is 3.39. The van der Waals surface area contributed by atoms with Crippen LogP contribution in [-0.2, 0) is 11.3 Å². The quantitative estimate of drug-likeness (QED) is 0.676. The molecule has 0 radical (unpaired) electrons. The predicted molar refractivity (Wildman–Crippen MR) is 121 cm³/mol. The Morgan fingerprint density at radius 2 is 1.93 bits per heavy atom. The third-order valence-electron chi connectivity index (χ3n) is 5.44. The molecule has 0 aliphatic carbocycles. The third kappa shape index (κ3) is 4.08. The highest BCUT2D eigenvalue weighted by Crippen LogP contribution is 2.32. The lowest BCUT2D eigenvalue weighted by atomic mass is 10.1. The summed E-state index contributed by atoms with van der Waals surface area (Å²) in [6.07, 6.45) is 0.499. The average molecular weight is 439 g/mol. The van der Waals surface area contributed by atoms with Crippen LogP contribution in [0.2, 0.25) is 0 Å². The molecule has 1 aromatic heterocycles. The maximum absolute atomic E-state index is 13.0. The van der Waals surface area contributed by atoms with E-state index < -0.39 is 0 Å². The summed E-state index contributed by atoms with van der Waals surface area (Å²) in [5.41, 5.74) is 2.44. The minimum atomic E-state index is 0.00862. The maximum Gasteiger partial charge on any atom is 0.254 e. The number of hydrogen-bond donors (Lipinski definition) is 1. The van der Waals surface area contributed by atoms with Gasteiger partial charge in [-0.1, -0.05) is 12.1 Å². The molecule has 0 bridgehead atoms. The number of thiazole rings is 1. The lowest BCUT2D eigenvalue weighted by molar-refractivity contribution is -0.115. The number of nitrogens with zero attached hydrogens (tertiary/aromatic N) is 3. The molecule has 1 fully saturated rings. The summed E-state index contributed by atoms with van der Waals surface area (Å²) < 4.78 is 1.22. The zero-order valence-electron chi connectivity index (χ0n) is 16.5. The number of hydrogen-bond acceptors (Lipinski definition) is 6. The minimum Gasteiger partial charge on any atom is -0.336 e. The van der Waals surface area contributed by atoms with Gasteiger partial charge in [-0.2, -0.15) is 0 Å². The molecule has 154 valence electrons. The number of anilines is 1. The van der Waals surface area contributed by atoms with Crippen LogP contribution in [0.5, 0.6) is 0 Å². The zero-order chi connectivity index (χ0) is 20.5. The van der Waals surface area contributed by atoms with Gasteiger partial charge in [0.25, 0.3) is 5.91 Å². The van der Waals surface area contributed by atoms with E-state index in [-0.39, 0.29) is 11.8 Å². The first-order chi connectivity index (χ1) is 14.7. The van der Waals surface area contributed by atoms with Gasteiger partial charge < -0.3 is 10.2 Å². The van der Waals surface area contributed by atoms with Gasteiger partial charge in [0.15, 0.2) is 0 Å². The fourth-order valence-electron chi connectivity index (χ4n) is 3.82. The molecule has 2 aromatic carbocycles. The number of benzene rings is 2. The van der Waals surface area contributed by atoms with E-state index in [1.54, 1.807) is 23.1 Å². The summed E-state index contributed by atoms with van der Waals surface area (Å²) in [5, 5.41) is 4.04. The summed E-state index contributed by atoms with van der Waals surface area (Å²) in [7, 11) is 0. The molecule has 1 N–H and O–H groups in total. The van der Waals surface area contributed by atoms with Crippen LogP contribution in [-0.4, -0.2) is 58.5 Å². The molecule has 0 spiro atoms. The Morgan fingerprint density at radius 3 is 2.77 bits per heavy atom. The topological polar surface area (TPSA) is 65.5 Å². The molecule has 30 heavy (non-hydrogen) atoms. The van der Waals surface area contributed by atoms with E-state index in [2.05, 4.69) is 16.3 Å². The van der Waals surface area contributed by atoms with Crippen molar-refractivity contribution in [2.75, 3.05) is 37.2 Å². The van der Waals surface area contributed by atoms with E-state index in [9.17, 15) is 9.59 Å². The fourth-order valence-corrected chi connectivity index (χ4v) is 5.77. The van der Waals surface area contributed by atoms with Crippen molar-refractivity contribution in [2.24, 2.45) is 0 Å². The van der Waals surface area contributed by atoms with E-state index >= 15 is 0 Å². The predicted octanol–water partition coefficient (Wildman–Crippen LogP) is 3.69. The molecule has 2 aliphatic heterocycles. The Balaban J connectivity index is 1.22. The molecule has 2 amide bonds. The van der Waals surface area contributed by atoms with Gasteiger partial charge in [-0.3, -0.25) is 14.5 Å². The second kappa shape index (κ2) is 8.37. The van der Waals surface area contributed by atoms with Crippen LogP contribution in [0.1, 0.15) is 21.8 Å². The monoisotopic (exact) mass is 438 g/mol. The van der Waals surface area contributed by atoms with Crippen molar-refractivity contribution >= 4 is 50.8 Å². The highest BCUT2D eigenvalue weighted by atomic mass is 32.2. The summed E-state index contributed by atoms with van der Waals surface area (Å²) in [4.78, 5) is 34.9. The summed E-state index contributed by atoms with van der Waals surface area (Å²) in [6.45, 7) is 3.88. The highest BCUT2D eigenvalue weighted by Gasteiger charge is 2.24. The van der Waals surface area contributed by atoms with Crippen LogP contribution in [0.3, 0.4) is 0 Å². The maximum atomic E-state index is 13.0. The van der Waals surface area contributed by atoms with E-state index in [0.29, 0.717) is 25.1 Å². The largest absolute Gasteiger partial charge is 0.336 e. The van der Waals surface area contributed by atoms with Crippen molar-refractivity contribution in [1.82, 2.24) is 14.8 Å². The van der Waals surface area contributed by atoms with E-state index in [1.807, 2.05) is 41.3 Å². The van der Waals surface area contributed by atoms with Gasteiger partial charge in [0.1, 0.15) is 5.01 Å². The van der Waals surface area contributed by atoms with E-state index in [0.717, 1.165) is 46.5 Å². The first-order valence-electron chi connectivity index (χ1n) is 10.1. The SMILES string of the molecule is O=C1CCSc2ccc(C(=O)N3CCN(Cc4nc5ccccc5s4)CC3)cc2N1. The van der Waals surface area contributed by atoms with E-state index in [4.69, 9.17) is 4.98 Å². The number of carbonyl (C=O) groups excluding carboxylic acids is 2. The number of para-hydroxylation sites is 1. The highest BCUT2D eigenvalue weighted by molar-refractivity contribution is 7.99. The second-order valence-corrected chi connectivity index (χ2v) is 9.75. The van der Waals surface area contributed by atoms with Crippen molar-refractivity contribution in [1.29, 1.82) is 0 Å². The number of amides is 2. The van der Waals surface area contributed by atoms with Gasteiger partial charge in [-0.15, -0.1) is 23.1 Å². The first-order valence-corrected chi connectivity index (χ1v) is 11.9. The van der Waals surface area contributed by atoms with E-state index in [1.165, 1.54) is 4.70 Å². The number of thioether (sulfide) groups is 1. The molecule has 1 saturated heterocycles. The number of carbonyl (C=O) groups is 2. The lowest BCUT2D eigenvalue weighted by Gasteiger charge is -2.34. The number of fused-ring (bicyclic) bond motifs is 2. The first kappa shape index (κ1) is 19.5. The molecular weight excluding hydrogens is 416 g/mol. The molecule has 5 rings (SSSR count). The molecule has 6 nitrogen and oxygen atoms in total. The van der Waals surface area contributed by atoms with Crippen molar-refractivity contribution in [3.8, 4) is 0 Å². The Kier molecular flexibility index (Phi) is 5.45. The third-order valence-corrected chi connectivity index (χ3v) is 7.54. The Labute approximate surface area is 183 Å². The standard InChI is InChI=1S/C22H22N4O2S2/c27-20-7-12-29-18-6-5-15(13-17(18)23-20)22(28)26-10-8-25(9-11-26)14-21-24-16-3-1-2-4-19(16)30-21/h1-6,13H,7-12,14H2,(H,23,27). The van der Waals surface area contributed by atoms with Crippen molar-refractivity contribution < 1.29 is 9.59 Å². The zero-order valence-corrected chi connectivity index (χ0v) is 18.1. The van der Waals surface area contributed by atoms with Crippen molar-refractivity contribution in [2.45, 2.75) is 17.9 Å². The fraction of sp³-hybridized carbons (Fsp3) is 0.318. The minimum absolute atomic E-state index is 0.00862. The van der Waals surface area contributed by atoms with Gasteiger partial charge in [-0.25, -0.2) is 4.98 Å². The molecule has 3 heterocycles. The van der Waals surface area contributed by atoms with Gasteiger partial charge in [-0.05, 0) is 30.3 Å². The molecule has 3 aromatic rings. The lowest BCUT2D eigenvalue weighted by Crippen LogP contribution is -2.48. The Morgan fingerprint density at radius 1 is 1.10 bits per heavy atom. The van der Waals surface area contributed by atoms with Gasteiger partial charge in [0.2, 0.25) is 5.91 Å². The van der Waals surface area contributed by atoms with Crippen LogP contribution in [0, 0.1) is 0 Å². The Bertz CT molecular complexity index is 1070. The number of piperazine rings is 1. The van der Waals surface area contributed by atoms with Crippen molar-refractivity contribution in [3.63, 3.8) is 0 Å². The molecule has 2 aliphatic rings. The number of nitrogens with one attached hydrogen (secondary N) is 1. The van der Waals surface area contributed by atoms with Crippen LogP contribution >= 0.6 is 23.1 Å². The average Bonchev–Trinajstić information content (AvgIpc) is 3.07. The van der Waals surface area contributed by atoms with Crippen LogP contribution in [0.25, 0.3) is 10.2 Å². The number of aromatic nitrogens is 1. The molecule has 0 saturated carbocycles. The number of rotatable bonds is 3. The van der Waals surface area contributed by atoms with Crippen LogP contribution < -0.4 is 5.32 Å². The second-order valence-electron chi connectivity index (χ2n) is 7.50. The Hall–Kier alpha value is -2.42.